The molecule has 2 amide bonds. The van der Waals surface area contributed by atoms with Crippen LogP contribution in [0.4, 0.5) is 0 Å². The molecule has 0 N–H and O–H groups in total. The van der Waals surface area contributed by atoms with Gasteiger partial charge in [-0.2, -0.15) is 0 Å². The van der Waals surface area contributed by atoms with Gasteiger partial charge in [0, 0.05) is 56.6 Å². The van der Waals surface area contributed by atoms with Gasteiger partial charge in [-0.3, -0.25) is 14.6 Å². The number of rotatable bonds is 7. The maximum absolute atomic E-state index is 13.2. The fourth-order valence-corrected chi connectivity index (χ4v) is 7.44. The molecule has 1 aromatic carbocycles. The zero-order chi connectivity index (χ0) is 26.5. The van der Waals surface area contributed by atoms with E-state index in [1.54, 1.807) is 11.7 Å². The summed E-state index contributed by atoms with van der Waals surface area (Å²) in [7, 11) is 0. The van der Waals surface area contributed by atoms with Crippen LogP contribution in [0.25, 0.3) is 0 Å². The zero-order valence-electron chi connectivity index (χ0n) is 22.8. The summed E-state index contributed by atoms with van der Waals surface area (Å²) in [6.45, 7) is 12.2. The van der Waals surface area contributed by atoms with Crippen molar-refractivity contribution in [2.45, 2.75) is 52.6 Å². The van der Waals surface area contributed by atoms with Crippen LogP contribution in [-0.4, -0.2) is 72.6 Å². The van der Waals surface area contributed by atoms with Crippen LogP contribution in [0.2, 0.25) is 0 Å². The third-order valence-corrected chi connectivity index (χ3v) is 10.4. The lowest BCUT2D eigenvalue weighted by molar-refractivity contribution is -0.148. The lowest BCUT2D eigenvalue weighted by atomic mass is 9.71. The van der Waals surface area contributed by atoms with Crippen LogP contribution in [0.1, 0.15) is 65.4 Å². The summed E-state index contributed by atoms with van der Waals surface area (Å²) in [4.78, 5) is 35.0. The Balaban J connectivity index is 1.12. The number of hydrogen-bond donors (Lipinski definition) is 0. The van der Waals surface area contributed by atoms with Crippen LogP contribution < -0.4 is 0 Å². The molecule has 4 heterocycles. The van der Waals surface area contributed by atoms with Crippen molar-refractivity contribution in [2.75, 3.05) is 46.0 Å². The van der Waals surface area contributed by atoms with Gasteiger partial charge in [-0.15, -0.1) is 11.3 Å². The predicted molar refractivity (Wildman–Crippen MR) is 146 cm³/mol. The van der Waals surface area contributed by atoms with E-state index in [4.69, 9.17) is 9.47 Å². The van der Waals surface area contributed by atoms with E-state index in [-0.39, 0.29) is 34.5 Å². The van der Waals surface area contributed by atoms with Gasteiger partial charge in [0.2, 0.25) is 5.91 Å². The summed E-state index contributed by atoms with van der Waals surface area (Å²) in [6.07, 6.45) is 4.78. The van der Waals surface area contributed by atoms with E-state index < -0.39 is 0 Å². The molecular weight excluding hydrogens is 498 g/mol. The third-order valence-electron chi connectivity index (χ3n) is 9.60. The molecule has 2 aromatic rings. The molecule has 8 heteroatoms. The van der Waals surface area contributed by atoms with Crippen molar-refractivity contribution in [3.05, 3.63) is 51.5 Å². The van der Waals surface area contributed by atoms with Crippen molar-refractivity contribution in [3.8, 4) is 0 Å². The number of likely N-dealkylation sites (tertiary alicyclic amines) is 2. The molecule has 38 heavy (non-hydrogen) atoms. The Morgan fingerprint density at radius 2 is 1.89 bits per heavy atom. The predicted octanol–water partition coefficient (Wildman–Crippen LogP) is 4.51. The fraction of sp³-hybridized carbons (Fsp3) is 0.633. The van der Waals surface area contributed by atoms with E-state index >= 15 is 0 Å². The average Bonchev–Trinajstić information content (AvgIpc) is 3.26. The van der Waals surface area contributed by atoms with E-state index in [1.165, 1.54) is 28.0 Å². The Hall–Kier alpha value is -2.29. The molecule has 6 rings (SSSR count). The van der Waals surface area contributed by atoms with Gasteiger partial charge in [-0.05, 0) is 54.2 Å². The van der Waals surface area contributed by atoms with Gasteiger partial charge in [0.1, 0.15) is 4.88 Å². The number of hydrogen-bond acceptors (Lipinski definition) is 6. The molecule has 204 valence electrons. The lowest BCUT2D eigenvalue weighted by Crippen LogP contribution is -2.63. The Morgan fingerprint density at radius 3 is 2.58 bits per heavy atom. The molecule has 4 fully saturated rings. The van der Waals surface area contributed by atoms with Crippen molar-refractivity contribution in [1.29, 1.82) is 0 Å². The normalized spacial score (nSPS) is 26.0. The summed E-state index contributed by atoms with van der Waals surface area (Å²) < 4.78 is 12.0. The highest BCUT2D eigenvalue weighted by Crippen LogP contribution is 2.54. The number of nitrogens with zero attached hydrogens (tertiary/aromatic N) is 3. The number of amides is 2. The van der Waals surface area contributed by atoms with E-state index in [1.807, 2.05) is 9.80 Å². The molecule has 3 saturated heterocycles. The summed E-state index contributed by atoms with van der Waals surface area (Å²) in [6, 6.07) is 6.58. The second kappa shape index (κ2) is 10.0. The molecule has 1 spiro atoms. The first kappa shape index (κ1) is 26.0. The minimum absolute atomic E-state index is 0.0440. The maximum Gasteiger partial charge on any atom is 0.265 e. The minimum atomic E-state index is -0.0893. The molecule has 3 aliphatic heterocycles. The Morgan fingerprint density at radius 1 is 1.16 bits per heavy atom. The van der Waals surface area contributed by atoms with E-state index in [0.29, 0.717) is 37.1 Å². The maximum atomic E-state index is 13.2. The Labute approximate surface area is 229 Å². The SMILES string of the molecule is Cc1c(COC[C@@H]2CN(C(=O)c3cncs3)CC23CN(C(=O)[C@H]2CC2(C)C)C3)cccc1C1CCOCC1. The first-order valence-corrected chi connectivity index (χ1v) is 14.9. The Kier molecular flexibility index (Phi) is 6.85. The molecule has 1 aliphatic carbocycles. The standard InChI is InChI=1S/C30H39N3O4S/c1-20-22(5-4-6-24(20)21-7-9-36-10-8-21)14-37-15-23-13-32(28(35)26-12-31-19-38-26)16-30(23)17-33(18-30)27(34)25-11-29(25,2)3/h4-6,12,19,21,23,25H,7-11,13-18H2,1-3H3/t23-,25+/m0/s1. The van der Waals surface area contributed by atoms with Crippen LogP contribution in [0.15, 0.2) is 29.9 Å². The summed E-state index contributed by atoms with van der Waals surface area (Å²) in [5.41, 5.74) is 5.73. The van der Waals surface area contributed by atoms with Gasteiger partial charge >= 0.3 is 0 Å². The van der Waals surface area contributed by atoms with Gasteiger partial charge in [0.25, 0.3) is 5.91 Å². The smallest absolute Gasteiger partial charge is 0.265 e. The third kappa shape index (κ3) is 4.80. The summed E-state index contributed by atoms with van der Waals surface area (Å²) in [5.74, 6) is 1.24. The van der Waals surface area contributed by atoms with Crippen molar-refractivity contribution < 1.29 is 19.1 Å². The molecule has 1 saturated carbocycles. The second-order valence-corrected chi connectivity index (χ2v) is 13.5. The molecule has 2 atom stereocenters. The van der Waals surface area contributed by atoms with Crippen LogP contribution in [0.3, 0.4) is 0 Å². The van der Waals surface area contributed by atoms with Gasteiger partial charge in [-0.1, -0.05) is 32.0 Å². The van der Waals surface area contributed by atoms with Gasteiger partial charge in [-0.25, -0.2) is 0 Å². The number of carbonyl (C=O) groups excluding carboxylic acids is 2. The number of thiazole rings is 1. The first-order chi connectivity index (χ1) is 18.3. The molecule has 1 aromatic heterocycles. The highest BCUT2D eigenvalue weighted by Gasteiger charge is 2.60. The van der Waals surface area contributed by atoms with Crippen molar-refractivity contribution >= 4 is 23.2 Å². The minimum Gasteiger partial charge on any atom is -0.381 e. The van der Waals surface area contributed by atoms with E-state index in [9.17, 15) is 9.59 Å². The Bertz CT molecular complexity index is 1180. The topological polar surface area (TPSA) is 72.0 Å². The summed E-state index contributed by atoms with van der Waals surface area (Å²) >= 11 is 1.39. The monoisotopic (exact) mass is 537 g/mol. The first-order valence-electron chi connectivity index (χ1n) is 14.0. The summed E-state index contributed by atoms with van der Waals surface area (Å²) in [5, 5.41) is 0. The van der Waals surface area contributed by atoms with Crippen LogP contribution in [0.5, 0.6) is 0 Å². The van der Waals surface area contributed by atoms with Crippen molar-refractivity contribution in [2.24, 2.45) is 22.7 Å². The number of benzene rings is 1. The van der Waals surface area contributed by atoms with Gasteiger partial charge < -0.3 is 19.3 Å². The van der Waals surface area contributed by atoms with Crippen LogP contribution in [0, 0.1) is 29.6 Å². The molecule has 4 aliphatic rings. The van der Waals surface area contributed by atoms with Gasteiger partial charge in [0.15, 0.2) is 0 Å². The van der Waals surface area contributed by atoms with Crippen molar-refractivity contribution in [1.82, 2.24) is 14.8 Å². The molecule has 7 nitrogen and oxygen atoms in total. The highest BCUT2D eigenvalue weighted by molar-refractivity contribution is 7.11. The van der Waals surface area contributed by atoms with Crippen LogP contribution in [-0.2, 0) is 20.9 Å². The highest BCUT2D eigenvalue weighted by atomic mass is 32.1. The largest absolute Gasteiger partial charge is 0.381 e. The van der Waals surface area contributed by atoms with Crippen molar-refractivity contribution in [3.63, 3.8) is 0 Å². The van der Waals surface area contributed by atoms with Crippen LogP contribution >= 0.6 is 11.3 Å². The van der Waals surface area contributed by atoms with Gasteiger partial charge in [0.05, 0.1) is 24.9 Å². The number of carbonyl (C=O) groups is 2. The number of aromatic nitrogens is 1. The quantitative estimate of drug-likeness (QED) is 0.520. The molecular formula is C30H39N3O4S. The number of ether oxygens (including phenoxy) is 2. The second-order valence-electron chi connectivity index (χ2n) is 12.6. The average molecular weight is 538 g/mol. The van der Waals surface area contributed by atoms with E-state index in [0.717, 1.165) is 45.6 Å². The molecule has 0 unspecified atom stereocenters. The zero-order valence-corrected chi connectivity index (χ0v) is 23.6. The lowest BCUT2D eigenvalue weighted by Gasteiger charge is -2.51. The molecule has 0 bridgehead atoms. The van der Waals surface area contributed by atoms with E-state index in [2.05, 4.69) is 44.0 Å². The fourth-order valence-electron chi connectivity index (χ4n) is 6.85. The molecule has 0 radical (unpaired) electrons.